The summed E-state index contributed by atoms with van der Waals surface area (Å²) in [5, 5.41) is 0. The number of nitrogen functional groups attached to an aromatic ring is 1. The Labute approximate surface area is 134 Å². The monoisotopic (exact) mass is 310 g/mol. The SMILES string of the molecule is CCC(C)C(C)N(C(=O)Cc1ccc(N)cc1)C1CC1.Cl. The van der Waals surface area contributed by atoms with Crippen LogP contribution in [-0.2, 0) is 11.2 Å². The van der Waals surface area contributed by atoms with Crippen molar-refractivity contribution in [2.75, 3.05) is 5.73 Å². The zero-order valence-electron chi connectivity index (χ0n) is 13.2. The molecule has 0 saturated heterocycles. The van der Waals surface area contributed by atoms with E-state index >= 15 is 0 Å². The third kappa shape index (κ3) is 4.63. The normalized spacial score (nSPS) is 16.7. The van der Waals surface area contributed by atoms with Crippen molar-refractivity contribution < 1.29 is 4.79 Å². The van der Waals surface area contributed by atoms with Crippen LogP contribution in [0.5, 0.6) is 0 Å². The lowest BCUT2D eigenvalue weighted by Gasteiger charge is -2.33. The second-order valence-corrected chi connectivity index (χ2v) is 6.08. The van der Waals surface area contributed by atoms with Gasteiger partial charge in [-0.05, 0) is 43.4 Å². The predicted octanol–water partition coefficient (Wildman–Crippen LogP) is 3.66. The molecule has 0 aromatic heterocycles. The van der Waals surface area contributed by atoms with Gasteiger partial charge < -0.3 is 10.6 Å². The van der Waals surface area contributed by atoms with E-state index in [0.717, 1.165) is 30.5 Å². The third-order valence-corrected chi connectivity index (χ3v) is 4.47. The van der Waals surface area contributed by atoms with Gasteiger partial charge in [0.05, 0.1) is 6.42 Å². The van der Waals surface area contributed by atoms with Gasteiger partial charge in [-0.15, -0.1) is 12.4 Å². The lowest BCUT2D eigenvalue weighted by atomic mass is 9.98. The van der Waals surface area contributed by atoms with Crippen LogP contribution < -0.4 is 5.73 Å². The van der Waals surface area contributed by atoms with Gasteiger partial charge in [-0.25, -0.2) is 0 Å². The van der Waals surface area contributed by atoms with E-state index < -0.39 is 0 Å². The molecule has 21 heavy (non-hydrogen) atoms. The molecule has 1 fully saturated rings. The molecule has 2 rings (SSSR count). The minimum atomic E-state index is 0. The molecule has 0 spiro atoms. The van der Waals surface area contributed by atoms with Crippen molar-refractivity contribution >= 4 is 24.0 Å². The molecule has 1 aromatic carbocycles. The number of anilines is 1. The molecule has 4 heteroatoms. The highest BCUT2D eigenvalue weighted by molar-refractivity contribution is 5.85. The standard InChI is InChI=1S/C17H26N2O.ClH/c1-4-12(2)13(3)19(16-9-10-16)17(20)11-14-5-7-15(18)8-6-14;/h5-8,12-13,16H,4,9-11,18H2,1-3H3;1H. The minimum absolute atomic E-state index is 0. The molecule has 0 aliphatic heterocycles. The average Bonchev–Trinajstić information content (AvgIpc) is 3.25. The van der Waals surface area contributed by atoms with Crippen LogP contribution in [0.1, 0.15) is 45.6 Å². The predicted molar refractivity (Wildman–Crippen MR) is 90.6 cm³/mol. The van der Waals surface area contributed by atoms with Gasteiger partial charge in [0.25, 0.3) is 0 Å². The Morgan fingerprint density at radius 3 is 2.33 bits per heavy atom. The summed E-state index contributed by atoms with van der Waals surface area (Å²) in [6.45, 7) is 6.61. The van der Waals surface area contributed by atoms with Gasteiger partial charge in [0.1, 0.15) is 0 Å². The summed E-state index contributed by atoms with van der Waals surface area (Å²) < 4.78 is 0. The van der Waals surface area contributed by atoms with E-state index in [1.54, 1.807) is 0 Å². The van der Waals surface area contributed by atoms with Crippen molar-refractivity contribution in [2.24, 2.45) is 5.92 Å². The summed E-state index contributed by atoms with van der Waals surface area (Å²) in [4.78, 5) is 14.8. The maximum Gasteiger partial charge on any atom is 0.227 e. The molecule has 2 N–H and O–H groups in total. The van der Waals surface area contributed by atoms with Crippen LogP contribution in [0.25, 0.3) is 0 Å². The molecule has 2 unspecified atom stereocenters. The molecule has 1 aromatic rings. The summed E-state index contributed by atoms with van der Waals surface area (Å²) in [7, 11) is 0. The first-order chi connectivity index (χ1) is 9.52. The second kappa shape index (κ2) is 7.69. The number of nitrogens with two attached hydrogens (primary N) is 1. The lowest BCUT2D eigenvalue weighted by molar-refractivity contribution is -0.134. The number of benzene rings is 1. The minimum Gasteiger partial charge on any atom is -0.399 e. The Bertz CT molecular complexity index is 456. The van der Waals surface area contributed by atoms with Gasteiger partial charge in [-0.2, -0.15) is 0 Å². The fraction of sp³-hybridized carbons (Fsp3) is 0.588. The summed E-state index contributed by atoms with van der Waals surface area (Å²) in [5.74, 6) is 0.802. The van der Waals surface area contributed by atoms with Crippen molar-refractivity contribution in [3.05, 3.63) is 29.8 Å². The van der Waals surface area contributed by atoms with Crippen LogP contribution in [0.3, 0.4) is 0 Å². The van der Waals surface area contributed by atoms with Crippen molar-refractivity contribution in [3.8, 4) is 0 Å². The second-order valence-electron chi connectivity index (χ2n) is 6.08. The summed E-state index contributed by atoms with van der Waals surface area (Å²) in [6.07, 6.45) is 3.92. The molecule has 118 valence electrons. The first-order valence-electron chi connectivity index (χ1n) is 7.68. The van der Waals surface area contributed by atoms with Gasteiger partial charge in [0.2, 0.25) is 5.91 Å². The van der Waals surface area contributed by atoms with Crippen LogP contribution in [0, 0.1) is 5.92 Å². The number of rotatable bonds is 6. The Kier molecular flexibility index (Phi) is 6.53. The third-order valence-electron chi connectivity index (χ3n) is 4.47. The van der Waals surface area contributed by atoms with Crippen LogP contribution >= 0.6 is 12.4 Å². The zero-order chi connectivity index (χ0) is 14.7. The number of halogens is 1. The molecule has 1 aliphatic rings. The van der Waals surface area contributed by atoms with E-state index in [1.165, 1.54) is 0 Å². The van der Waals surface area contributed by atoms with E-state index in [0.29, 0.717) is 24.4 Å². The molecule has 2 atom stereocenters. The van der Waals surface area contributed by atoms with E-state index in [2.05, 4.69) is 25.7 Å². The van der Waals surface area contributed by atoms with Crippen LogP contribution in [0.2, 0.25) is 0 Å². The van der Waals surface area contributed by atoms with E-state index in [4.69, 9.17) is 5.73 Å². The highest BCUT2D eigenvalue weighted by Gasteiger charge is 2.36. The fourth-order valence-corrected chi connectivity index (χ4v) is 2.63. The topological polar surface area (TPSA) is 46.3 Å². The largest absolute Gasteiger partial charge is 0.399 e. The van der Waals surface area contributed by atoms with Crippen LogP contribution in [-0.4, -0.2) is 22.9 Å². The summed E-state index contributed by atoms with van der Waals surface area (Å²) in [5.41, 5.74) is 7.48. The molecular formula is C17H27ClN2O. The molecule has 0 bridgehead atoms. The van der Waals surface area contributed by atoms with Crippen LogP contribution in [0.15, 0.2) is 24.3 Å². The fourth-order valence-electron chi connectivity index (χ4n) is 2.63. The Morgan fingerprint density at radius 2 is 1.86 bits per heavy atom. The molecule has 0 heterocycles. The molecule has 3 nitrogen and oxygen atoms in total. The van der Waals surface area contributed by atoms with E-state index in [-0.39, 0.29) is 18.3 Å². The average molecular weight is 311 g/mol. The quantitative estimate of drug-likeness (QED) is 0.815. The molecule has 0 radical (unpaired) electrons. The number of carbonyl (C=O) groups excluding carboxylic acids is 1. The van der Waals surface area contributed by atoms with E-state index in [1.807, 2.05) is 24.3 Å². The Hall–Kier alpha value is -1.22. The Balaban J connectivity index is 0.00000220. The number of amides is 1. The van der Waals surface area contributed by atoms with E-state index in [9.17, 15) is 4.79 Å². The van der Waals surface area contributed by atoms with Crippen molar-refractivity contribution in [1.82, 2.24) is 4.90 Å². The zero-order valence-corrected chi connectivity index (χ0v) is 14.0. The maximum atomic E-state index is 12.6. The molecular weight excluding hydrogens is 284 g/mol. The maximum absolute atomic E-state index is 12.6. The first-order valence-corrected chi connectivity index (χ1v) is 7.68. The van der Waals surface area contributed by atoms with Gasteiger partial charge in [0, 0.05) is 17.8 Å². The van der Waals surface area contributed by atoms with Crippen molar-refractivity contribution in [3.63, 3.8) is 0 Å². The van der Waals surface area contributed by atoms with Crippen molar-refractivity contribution in [2.45, 2.75) is 58.5 Å². The molecule has 1 aliphatic carbocycles. The summed E-state index contributed by atoms with van der Waals surface area (Å²) in [6, 6.07) is 8.43. The van der Waals surface area contributed by atoms with Gasteiger partial charge >= 0.3 is 0 Å². The lowest BCUT2D eigenvalue weighted by Crippen LogP contribution is -2.44. The highest BCUT2D eigenvalue weighted by atomic mass is 35.5. The number of hydrogen-bond donors (Lipinski definition) is 1. The highest BCUT2D eigenvalue weighted by Crippen LogP contribution is 2.32. The summed E-state index contributed by atoms with van der Waals surface area (Å²) >= 11 is 0. The van der Waals surface area contributed by atoms with Crippen molar-refractivity contribution in [1.29, 1.82) is 0 Å². The smallest absolute Gasteiger partial charge is 0.227 e. The van der Waals surface area contributed by atoms with Gasteiger partial charge in [-0.3, -0.25) is 4.79 Å². The molecule has 1 amide bonds. The van der Waals surface area contributed by atoms with Gasteiger partial charge in [0.15, 0.2) is 0 Å². The molecule has 1 saturated carbocycles. The first kappa shape index (κ1) is 17.8. The Morgan fingerprint density at radius 1 is 1.29 bits per heavy atom. The van der Waals surface area contributed by atoms with Crippen LogP contribution in [0.4, 0.5) is 5.69 Å². The number of nitrogens with zero attached hydrogens (tertiary/aromatic N) is 1. The number of carbonyl (C=O) groups is 1. The van der Waals surface area contributed by atoms with Gasteiger partial charge in [-0.1, -0.05) is 32.4 Å². The number of hydrogen-bond acceptors (Lipinski definition) is 2.